The molecule has 1 saturated heterocycles. The van der Waals surface area contributed by atoms with E-state index in [0.717, 1.165) is 6.42 Å². The van der Waals surface area contributed by atoms with Gasteiger partial charge in [-0.25, -0.2) is 0 Å². The number of amides is 2. The van der Waals surface area contributed by atoms with Crippen molar-refractivity contribution >= 4 is 23.4 Å². The van der Waals surface area contributed by atoms with Gasteiger partial charge in [0.25, 0.3) is 5.91 Å². The molecule has 148 valence electrons. The molecule has 2 unspecified atom stereocenters. The molecule has 1 fully saturated rings. The highest BCUT2D eigenvalue weighted by Crippen LogP contribution is 2.27. The van der Waals surface area contributed by atoms with Crippen molar-refractivity contribution in [3.8, 4) is 5.75 Å². The zero-order valence-electron chi connectivity index (χ0n) is 16.2. The molecule has 0 bridgehead atoms. The molecule has 2 amide bonds. The Labute approximate surface area is 170 Å². The van der Waals surface area contributed by atoms with Gasteiger partial charge in [-0.15, -0.1) is 0 Å². The van der Waals surface area contributed by atoms with Crippen molar-refractivity contribution in [2.24, 2.45) is 0 Å². The van der Waals surface area contributed by atoms with Crippen LogP contribution in [0.1, 0.15) is 41.6 Å². The number of ether oxygens (including phenoxy) is 1. The summed E-state index contributed by atoms with van der Waals surface area (Å²) in [6.07, 6.45) is 1.45. The van der Waals surface area contributed by atoms with Gasteiger partial charge in [0.15, 0.2) is 0 Å². The normalized spacial score (nSPS) is 17.2. The first-order chi connectivity index (χ1) is 13.5. The summed E-state index contributed by atoms with van der Waals surface area (Å²) >= 11 is 6.06. The van der Waals surface area contributed by atoms with Gasteiger partial charge in [-0.1, -0.05) is 48.9 Å². The van der Waals surface area contributed by atoms with Gasteiger partial charge < -0.3 is 15.0 Å². The Hall–Kier alpha value is -2.53. The summed E-state index contributed by atoms with van der Waals surface area (Å²) < 4.78 is 5.30. The average Bonchev–Trinajstić information content (AvgIpc) is 3.21. The zero-order valence-corrected chi connectivity index (χ0v) is 16.9. The minimum Gasteiger partial charge on any atom is -0.496 e. The summed E-state index contributed by atoms with van der Waals surface area (Å²) in [4.78, 5) is 27.5. The third-order valence-electron chi connectivity index (χ3n) is 5.16. The van der Waals surface area contributed by atoms with Gasteiger partial charge in [0.05, 0.1) is 12.7 Å². The molecule has 0 radical (unpaired) electrons. The Morgan fingerprint density at radius 3 is 2.71 bits per heavy atom. The van der Waals surface area contributed by atoms with Gasteiger partial charge >= 0.3 is 0 Å². The predicted octanol–water partition coefficient (Wildman–Crippen LogP) is 3.87. The maximum Gasteiger partial charge on any atom is 0.258 e. The lowest BCUT2D eigenvalue weighted by Gasteiger charge is -2.25. The zero-order chi connectivity index (χ0) is 20.1. The third-order valence-corrected chi connectivity index (χ3v) is 5.39. The maximum atomic E-state index is 13.1. The monoisotopic (exact) mass is 400 g/mol. The standard InChI is InChI=1S/C22H25ClN2O3/c1-15(16-7-4-3-5-8-16)14-24-21(26)19-9-6-12-25(19)22(27)18-13-17(23)10-11-20(18)28-2/h3-5,7-8,10-11,13,15,19H,6,9,12,14H2,1-2H3,(H,24,26). The van der Waals surface area contributed by atoms with E-state index in [-0.39, 0.29) is 17.7 Å². The van der Waals surface area contributed by atoms with Gasteiger partial charge in [-0.05, 0) is 42.5 Å². The van der Waals surface area contributed by atoms with Crippen molar-refractivity contribution in [2.75, 3.05) is 20.2 Å². The van der Waals surface area contributed by atoms with Crippen LogP contribution in [-0.2, 0) is 4.79 Å². The quantitative estimate of drug-likeness (QED) is 0.800. The van der Waals surface area contributed by atoms with Gasteiger partial charge in [0.1, 0.15) is 11.8 Å². The second-order valence-electron chi connectivity index (χ2n) is 7.06. The second kappa shape index (κ2) is 9.11. The summed E-state index contributed by atoms with van der Waals surface area (Å²) in [7, 11) is 1.51. The average molecular weight is 401 g/mol. The third kappa shape index (κ3) is 4.47. The number of methoxy groups -OCH3 is 1. The maximum absolute atomic E-state index is 13.1. The van der Waals surface area contributed by atoms with E-state index in [4.69, 9.17) is 16.3 Å². The fraction of sp³-hybridized carbons (Fsp3) is 0.364. The van der Waals surface area contributed by atoms with Crippen molar-refractivity contribution in [3.63, 3.8) is 0 Å². The number of hydrogen-bond donors (Lipinski definition) is 1. The molecule has 0 spiro atoms. The van der Waals surface area contributed by atoms with Gasteiger partial charge in [0, 0.05) is 18.1 Å². The van der Waals surface area contributed by atoms with Crippen molar-refractivity contribution < 1.29 is 14.3 Å². The molecule has 5 nitrogen and oxygen atoms in total. The summed E-state index contributed by atoms with van der Waals surface area (Å²) in [5.41, 5.74) is 1.55. The molecule has 0 saturated carbocycles. The van der Waals surface area contributed by atoms with Gasteiger partial charge in [0.2, 0.25) is 5.91 Å². The number of rotatable bonds is 6. The number of halogens is 1. The van der Waals surface area contributed by atoms with Gasteiger partial charge in [-0.3, -0.25) is 9.59 Å². The fourth-order valence-electron chi connectivity index (χ4n) is 3.56. The molecule has 2 aromatic rings. The lowest BCUT2D eigenvalue weighted by atomic mass is 10.0. The van der Waals surface area contributed by atoms with Crippen LogP contribution in [0.15, 0.2) is 48.5 Å². The first kappa shape index (κ1) is 20.2. The lowest BCUT2D eigenvalue weighted by molar-refractivity contribution is -0.124. The van der Waals surface area contributed by atoms with E-state index in [1.807, 2.05) is 30.3 Å². The van der Waals surface area contributed by atoms with Crippen molar-refractivity contribution in [1.29, 1.82) is 0 Å². The predicted molar refractivity (Wildman–Crippen MR) is 110 cm³/mol. The molecule has 1 heterocycles. The van der Waals surface area contributed by atoms with E-state index in [0.29, 0.717) is 35.8 Å². The van der Waals surface area contributed by atoms with Crippen molar-refractivity contribution in [3.05, 3.63) is 64.7 Å². The molecular weight excluding hydrogens is 376 g/mol. The molecule has 1 aliphatic heterocycles. The van der Waals surface area contributed by atoms with E-state index in [1.54, 1.807) is 23.1 Å². The molecular formula is C22H25ClN2O3. The number of carbonyl (C=O) groups is 2. The van der Waals surface area contributed by atoms with Crippen LogP contribution >= 0.6 is 11.6 Å². The van der Waals surface area contributed by atoms with Crippen LogP contribution < -0.4 is 10.1 Å². The highest BCUT2D eigenvalue weighted by atomic mass is 35.5. The molecule has 0 aliphatic carbocycles. The van der Waals surface area contributed by atoms with Crippen LogP contribution in [0.3, 0.4) is 0 Å². The Kier molecular flexibility index (Phi) is 6.57. The molecule has 3 rings (SSSR count). The van der Waals surface area contributed by atoms with Crippen LogP contribution in [0.5, 0.6) is 5.75 Å². The first-order valence-electron chi connectivity index (χ1n) is 9.48. The topological polar surface area (TPSA) is 58.6 Å². The molecule has 0 aromatic heterocycles. The number of carbonyl (C=O) groups excluding carboxylic acids is 2. The smallest absolute Gasteiger partial charge is 0.258 e. The fourth-order valence-corrected chi connectivity index (χ4v) is 3.73. The Balaban J connectivity index is 1.68. The van der Waals surface area contributed by atoms with E-state index in [1.165, 1.54) is 12.7 Å². The highest BCUT2D eigenvalue weighted by Gasteiger charge is 2.35. The van der Waals surface area contributed by atoms with Crippen molar-refractivity contribution in [2.45, 2.75) is 31.7 Å². The summed E-state index contributed by atoms with van der Waals surface area (Å²) in [6, 6.07) is 14.5. The lowest BCUT2D eigenvalue weighted by Crippen LogP contribution is -2.46. The van der Waals surface area contributed by atoms with Crippen LogP contribution in [0.4, 0.5) is 0 Å². The summed E-state index contributed by atoms with van der Waals surface area (Å²) in [6.45, 7) is 3.15. The SMILES string of the molecule is COc1ccc(Cl)cc1C(=O)N1CCCC1C(=O)NCC(C)c1ccccc1. The number of likely N-dealkylation sites (tertiary alicyclic amines) is 1. The van der Waals surface area contributed by atoms with Gasteiger partial charge in [-0.2, -0.15) is 0 Å². The number of nitrogens with zero attached hydrogens (tertiary/aromatic N) is 1. The van der Waals surface area contributed by atoms with Crippen LogP contribution in [0.25, 0.3) is 0 Å². The molecule has 6 heteroatoms. The largest absolute Gasteiger partial charge is 0.496 e. The minimum atomic E-state index is -0.473. The van der Waals surface area contributed by atoms with Crippen LogP contribution in [-0.4, -0.2) is 43.0 Å². The van der Waals surface area contributed by atoms with E-state index in [2.05, 4.69) is 12.2 Å². The molecule has 2 atom stereocenters. The number of hydrogen-bond acceptors (Lipinski definition) is 3. The Morgan fingerprint density at radius 2 is 2.00 bits per heavy atom. The molecule has 28 heavy (non-hydrogen) atoms. The van der Waals surface area contributed by atoms with E-state index >= 15 is 0 Å². The summed E-state index contributed by atoms with van der Waals surface area (Å²) in [5, 5.41) is 3.47. The number of benzene rings is 2. The molecule has 2 aromatic carbocycles. The van der Waals surface area contributed by atoms with E-state index in [9.17, 15) is 9.59 Å². The second-order valence-corrected chi connectivity index (χ2v) is 7.49. The summed E-state index contributed by atoms with van der Waals surface area (Å²) in [5.74, 6) is 0.310. The number of nitrogens with one attached hydrogen (secondary N) is 1. The first-order valence-corrected chi connectivity index (χ1v) is 9.86. The highest BCUT2D eigenvalue weighted by molar-refractivity contribution is 6.31. The van der Waals surface area contributed by atoms with Crippen LogP contribution in [0.2, 0.25) is 5.02 Å². The Bertz CT molecular complexity index is 841. The van der Waals surface area contributed by atoms with Crippen LogP contribution in [0, 0.1) is 0 Å². The Morgan fingerprint density at radius 1 is 1.25 bits per heavy atom. The molecule has 1 aliphatic rings. The molecule has 1 N–H and O–H groups in total. The van der Waals surface area contributed by atoms with E-state index < -0.39 is 6.04 Å². The van der Waals surface area contributed by atoms with Crippen molar-refractivity contribution in [1.82, 2.24) is 10.2 Å². The minimum absolute atomic E-state index is 0.116.